The summed E-state index contributed by atoms with van der Waals surface area (Å²) in [6.07, 6.45) is 6.89. The van der Waals surface area contributed by atoms with Crippen LogP contribution in [0.4, 0.5) is 0 Å². The van der Waals surface area contributed by atoms with E-state index in [0.29, 0.717) is 0 Å². The minimum absolute atomic E-state index is 0.967. The number of aryl methyl sites for hydroxylation is 1. The normalized spacial score (nSPS) is 17.0. The fraction of sp³-hybridized carbons (Fsp3) is 0.529. The van der Waals surface area contributed by atoms with Crippen LogP contribution in [0.2, 0.25) is 0 Å². The fourth-order valence-corrected chi connectivity index (χ4v) is 2.97. The predicted octanol–water partition coefficient (Wildman–Crippen LogP) is 1.66. The lowest BCUT2D eigenvalue weighted by molar-refractivity contribution is 0.125. The Hall–Kier alpha value is -1.72. The van der Waals surface area contributed by atoms with E-state index >= 15 is 0 Å². The molecule has 2 aromatic heterocycles. The SMILES string of the molecule is CCn1ccnc1CN1CCN(CCc2ccccn2)CC1. The average Bonchev–Trinajstić information content (AvgIpc) is 3.02. The van der Waals surface area contributed by atoms with E-state index in [9.17, 15) is 0 Å². The van der Waals surface area contributed by atoms with E-state index in [-0.39, 0.29) is 0 Å². The number of hydrogen-bond donors (Lipinski definition) is 0. The van der Waals surface area contributed by atoms with Crippen molar-refractivity contribution < 1.29 is 0 Å². The van der Waals surface area contributed by atoms with Crippen molar-refractivity contribution in [1.29, 1.82) is 0 Å². The molecule has 0 unspecified atom stereocenters. The Kier molecular flexibility index (Phi) is 5.19. The fourth-order valence-electron chi connectivity index (χ4n) is 2.97. The third-order valence-electron chi connectivity index (χ3n) is 4.38. The summed E-state index contributed by atoms with van der Waals surface area (Å²) >= 11 is 0. The summed E-state index contributed by atoms with van der Waals surface area (Å²) in [6.45, 7) is 9.76. The molecule has 5 heteroatoms. The third-order valence-corrected chi connectivity index (χ3v) is 4.38. The lowest BCUT2D eigenvalue weighted by Gasteiger charge is -2.34. The molecule has 0 spiro atoms. The van der Waals surface area contributed by atoms with E-state index in [1.54, 1.807) is 0 Å². The second-order valence-corrected chi connectivity index (χ2v) is 5.82. The van der Waals surface area contributed by atoms with Crippen LogP contribution in [0.15, 0.2) is 36.8 Å². The highest BCUT2D eigenvalue weighted by atomic mass is 15.3. The van der Waals surface area contributed by atoms with Crippen molar-refractivity contribution in [3.63, 3.8) is 0 Å². The first kappa shape index (κ1) is 15.2. The number of rotatable bonds is 6. The van der Waals surface area contributed by atoms with Crippen LogP contribution in [0, 0.1) is 0 Å². The molecule has 0 amide bonds. The largest absolute Gasteiger partial charge is 0.334 e. The van der Waals surface area contributed by atoms with Crippen LogP contribution in [0.5, 0.6) is 0 Å². The lowest BCUT2D eigenvalue weighted by Crippen LogP contribution is -2.46. The molecule has 2 aromatic rings. The lowest BCUT2D eigenvalue weighted by atomic mass is 10.2. The van der Waals surface area contributed by atoms with E-state index in [0.717, 1.165) is 52.2 Å². The first-order chi connectivity index (χ1) is 10.8. The van der Waals surface area contributed by atoms with Crippen LogP contribution in [-0.2, 0) is 19.5 Å². The van der Waals surface area contributed by atoms with E-state index in [1.165, 1.54) is 11.5 Å². The molecule has 0 aliphatic carbocycles. The zero-order valence-electron chi connectivity index (χ0n) is 13.4. The zero-order chi connectivity index (χ0) is 15.2. The third kappa shape index (κ3) is 3.93. The highest BCUT2D eigenvalue weighted by Crippen LogP contribution is 2.08. The molecule has 5 nitrogen and oxygen atoms in total. The molecule has 0 radical (unpaired) electrons. The summed E-state index contributed by atoms with van der Waals surface area (Å²) in [7, 11) is 0. The van der Waals surface area contributed by atoms with Crippen molar-refractivity contribution in [2.45, 2.75) is 26.4 Å². The first-order valence-corrected chi connectivity index (χ1v) is 8.20. The Balaban J connectivity index is 1.42. The molecular weight excluding hydrogens is 274 g/mol. The van der Waals surface area contributed by atoms with Gasteiger partial charge in [-0.3, -0.25) is 9.88 Å². The van der Waals surface area contributed by atoms with Crippen LogP contribution in [0.25, 0.3) is 0 Å². The summed E-state index contributed by atoms with van der Waals surface area (Å²) in [5, 5.41) is 0. The molecule has 118 valence electrons. The average molecular weight is 299 g/mol. The van der Waals surface area contributed by atoms with E-state index in [4.69, 9.17) is 0 Å². The molecule has 0 bridgehead atoms. The summed E-state index contributed by atoms with van der Waals surface area (Å²) < 4.78 is 2.23. The molecule has 3 rings (SSSR count). The van der Waals surface area contributed by atoms with E-state index in [1.807, 2.05) is 18.5 Å². The monoisotopic (exact) mass is 299 g/mol. The summed E-state index contributed by atoms with van der Waals surface area (Å²) in [5.41, 5.74) is 1.19. The molecule has 1 aliphatic rings. The first-order valence-electron chi connectivity index (χ1n) is 8.20. The number of nitrogens with zero attached hydrogens (tertiary/aromatic N) is 5. The molecule has 0 N–H and O–H groups in total. The number of aromatic nitrogens is 3. The highest BCUT2D eigenvalue weighted by molar-refractivity contribution is 5.03. The number of pyridine rings is 1. The van der Waals surface area contributed by atoms with Gasteiger partial charge in [-0.15, -0.1) is 0 Å². The molecule has 0 saturated carbocycles. The smallest absolute Gasteiger partial charge is 0.122 e. The number of imidazole rings is 1. The van der Waals surface area contributed by atoms with Crippen molar-refractivity contribution in [3.05, 3.63) is 48.3 Å². The van der Waals surface area contributed by atoms with Gasteiger partial charge in [0.15, 0.2) is 0 Å². The summed E-state index contributed by atoms with van der Waals surface area (Å²) in [6, 6.07) is 6.15. The Morgan fingerprint density at radius 3 is 2.55 bits per heavy atom. The molecule has 3 heterocycles. The second-order valence-electron chi connectivity index (χ2n) is 5.82. The van der Waals surface area contributed by atoms with Crippen LogP contribution in [0.3, 0.4) is 0 Å². The Bertz CT molecular complexity index is 557. The summed E-state index contributed by atoms with van der Waals surface area (Å²) in [4.78, 5) is 13.9. The van der Waals surface area contributed by atoms with Crippen molar-refractivity contribution in [1.82, 2.24) is 24.3 Å². The maximum atomic E-state index is 4.48. The molecular formula is C17H25N5. The minimum Gasteiger partial charge on any atom is -0.334 e. The van der Waals surface area contributed by atoms with Crippen LogP contribution in [-0.4, -0.2) is 57.1 Å². The zero-order valence-corrected chi connectivity index (χ0v) is 13.4. The van der Waals surface area contributed by atoms with E-state index in [2.05, 4.69) is 49.6 Å². The molecule has 1 fully saturated rings. The van der Waals surface area contributed by atoms with Gasteiger partial charge in [0, 0.05) is 70.0 Å². The Labute approximate surface area is 132 Å². The molecule has 22 heavy (non-hydrogen) atoms. The van der Waals surface area contributed by atoms with Gasteiger partial charge >= 0.3 is 0 Å². The number of hydrogen-bond acceptors (Lipinski definition) is 4. The predicted molar refractivity (Wildman–Crippen MR) is 87.6 cm³/mol. The quantitative estimate of drug-likeness (QED) is 0.813. The van der Waals surface area contributed by atoms with Crippen LogP contribution < -0.4 is 0 Å². The van der Waals surface area contributed by atoms with Gasteiger partial charge in [-0.05, 0) is 19.1 Å². The number of piperazine rings is 1. The standard InChI is InChI=1S/C17H25N5/c1-2-22-10-8-19-17(22)15-21-13-11-20(12-14-21)9-6-16-5-3-4-7-18-16/h3-5,7-8,10H,2,6,9,11-15H2,1H3. The highest BCUT2D eigenvalue weighted by Gasteiger charge is 2.18. The molecule has 0 aromatic carbocycles. The van der Waals surface area contributed by atoms with Gasteiger partial charge in [0.2, 0.25) is 0 Å². The Morgan fingerprint density at radius 2 is 1.82 bits per heavy atom. The Morgan fingerprint density at radius 1 is 1.00 bits per heavy atom. The van der Waals surface area contributed by atoms with Crippen LogP contribution in [0.1, 0.15) is 18.4 Å². The summed E-state index contributed by atoms with van der Waals surface area (Å²) in [5.74, 6) is 1.18. The van der Waals surface area contributed by atoms with Gasteiger partial charge in [-0.25, -0.2) is 4.98 Å². The van der Waals surface area contributed by atoms with Gasteiger partial charge in [0.1, 0.15) is 5.82 Å². The maximum Gasteiger partial charge on any atom is 0.122 e. The molecule has 0 atom stereocenters. The molecule has 1 aliphatic heterocycles. The van der Waals surface area contributed by atoms with Gasteiger partial charge in [0.05, 0.1) is 6.54 Å². The van der Waals surface area contributed by atoms with Crippen LogP contribution >= 0.6 is 0 Å². The minimum atomic E-state index is 0.967. The van der Waals surface area contributed by atoms with Gasteiger partial charge < -0.3 is 9.47 Å². The molecule has 1 saturated heterocycles. The van der Waals surface area contributed by atoms with E-state index < -0.39 is 0 Å². The topological polar surface area (TPSA) is 37.2 Å². The van der Waals surface area contributed by atoms with Gasteiger partial charge in [-0.1, -0.05) is 6.07 Å². The van der Waals surface area contributed by atoms with Crippen molar-refractivity contribution in [2.75, 3.05) is 32.7 Å². The second kappa shape index (κ2) is 7.51. The van der Waals surface area contributed by atoms with Gasteiger partial charge in [-0.2, -0.15) is 0 Å². The van der Waals surface area contributed by atoms with Crippen molar-refractivity contribution in [2.24, 2.45) is 0 Å². The maximum absolute atomic E-state index is 4.48. The van der Waals surface area contributed by atoms with Crippen molar-refractivity contribution in [3.8, 4) is 0 Å². The van der Waals surface area contributed by atoms with Crippen molar-refractivity contribution >= 4 is 0 Å². The van der Waals surface area contributed by atoms with Gasteiger partial charge in [0.25, 0.3) is 0 Å².